The van der Waals surface area contributed by atoms with E-state index in [0.29, 0.717) is 13.1 Å². The predicted octanol–water partition coefficient (Wildman–Crippen LogP) is 2.57. The van der Waals surface area contributed by atoms with Gasteiger partial charge in [0, 0.05) is 25.7 Å². The highest BCUT2D eigenvalue weighted by Gasteiger charge is 2.32. The Morgan fingerprint density at radius 2 is 2.04 bits per heavy atom. The Morgan fingerprint density at radius 1 is 1.38 bits per heavy atom. The molecule has 1 aromatic heterocycles. The Bertz CT molecular complexity index is 536. The lowest BCUT2D eigenvalue weighted by Gasteiger charge is -2.39. The van der Waals surface area contributed by atoms with Crippen LogP contribution in [0.4, 0.5) is 0 Å². The van der Waals surface area contributed by atoms with Gasteiger partial charge in [0.2, 0.25) is 5.91 Å². The SMILES string of the molecule is CCCN(C(=O)c1cccs1)C1CCN(C(=O)[C@@H](N)C(C)C)CC1. The van der Waals surface area contributed by atoms with Gasteiger partial charge in [0.25, 0.3) is 5.91 Å². The molecule has 6 heteroatoms. The van der Waals surface area contributed by atoms with Crippen LogP contribution in [0.2, 0.25) is 0 Å². The Balaban J connectivity index is 1.98. The number of nitrogens with zero attached hydrogens (tertiary/aromatic N) is 2. The van der Waals surface area contributed by atoms with Gasteiger partial charge in [0.15, 0.2) is 0 Å². The van der Waals surface area contributed by atoms with Crippen LogP contribution < -0.4 is 5.73 Å². The normalized spacial score (nSPS) is 17.1. The zero-order chi connectivity index (χ0) is 17.7. The standard InChI is InChI=1S/C18H29N3O2S/c1-4-9-21(17(22)15-6-5-12-24-15)14-7-10-20(11-8-14)18(23)16(19)13(2)3/h5-6,12-14,16H,4,7-11,19H2,1-3H3/t16-/m0/s1. The molecule has 2 N–H and O–H groups in total. The highest BCUT2D eigenvalue weighted by atomic mass is 32.1. The van der Waals surface area contributed by atoms with Crippen molar-refractivity contribution >= 4 is 23.2 Å². The summed E-state index contributed by atoms with van der Waals surface area (Å²) >= 11 is 1.49. The Labute approximate surface area is 148 Å². The predicted molar refractivity (Wildman–Crippen MR) is 98.1 cm³/mol. The van der Waals surface area contributed by atoms with Crippen molar-refractivity contribution in [3.05, 3.63) is 22.4 Å². The van der Waals surface area contributed by atoms with Gasteiger partial charge in [0.05, 0.1) is 10.9 Å². The van der Waals surface area contributed by atoms with E-state index in [4.69, 9.17) is 5.73 Å². The van der Waals surface area contributed by atoms with Crippen molar-refractivity contribution in [3.63, 3.8) is 0 Å². The largest absolute Gasteiger partial charge is 0.341 e. The number of thiophene rings is 1. The molecule has 0 saturated carbocycles. The summed E-state index contributed by atoms with van der Waals surface area (Å²) in [7, 11) is 0. The fourth-order valence-electron chi connectivity index (χ4n) is 3.13. The van der Waals surface area contributed by atoms with Crippen molar-refractivity contribution in [1.29, 1.82) is 0 Å². The molecular weight excluding hydrogens is 322 g/mol. The molecule has 2 amide bonds. The Kier molecular flexibility index (Phi) is 6.80. The third kappa shape index (κ3) is 4.36. The second kappa shape index (κ2) is 8.62. The summed E-state index contributed by atoms with van der Waals surface area (Å²) in [6.07, 6.45) is 2.59. The van der Waals surface area contributed by atoms with Crippen LogP contribution in [0.5, 0.6) is 0 Å². The summed E-state index contributed by atoms with van der Waals surface area (Å²) in [4.78, 5) is 29.8. The zero-order valence-electron chi connectivity index (χ0n) is 14.9. The fourth-order valence-corrected chi connectivity index (χ4v) is 3.81. The molecule has 0 aromatic carbocycles. The molecule has 134 valence electrons. The molecule has 24 heavy (non-hydrogen) atoms. The first-order valence-electron chi connectivity index (χ1n) is 8.84. The van der Waals surface area contributed by atoms with E-state index in [1.165, 1.54) is 11.3 Å². The highest BCUT2D eigenvalue weighted by molar-refractivity contribution is 7.12. The summed E-state index contributed by atoms with van der Waals surface area (Å²) in [6, 6.07) is 3.58. The summed E-state index contributed by atoms with van der Waals surface area (Å²) in [6.45, 7) is 8.16. The van der Waals surface area contributed by atoms with Gasteiger partial charge in [-0.15, -0.1) is 11.3 Å². The Hall–Kier alpha value is -1.40. The van der Waals surface area contributed by atoms with Crippen molar-refractivity contribution in [2.75, 3.05) is 19.6 Å². The molecule has 0 unspecified atom stereocenters. The second-order valence-electron chi connectivity index (χ2n) is 6.80. The second-order valence-corrected chi connectivity index (χ2v) is 7.75. The van der Waals surface area contributed by atoms with E-state index >= 15 is 0 Å². The minimum absolute atomic E-state index is 0.0371. The van der Waals surface area contributed by atoms with Crippen molar-refractivity contribution < 1.29 is 9.59 Å². The van der Waals surface area contributed by atoms with Crippen LogP contribution in [0.1, 0.15) is 49.7 Å². The van der Waals surface area contributed by atoms with E-state index in [1.54, 1.807) is 0 Å². The van der Waals surface area contributed by atoms with E-state index in [-0.39, 0.29) is 23.8 Å². The first-order chi connectivity index (χ1) is 11.5. The quantitative estimate of drug-likeness (QED) is 0.856. The van der Waals surface area contributed by atoms with E-state index in [2.05, 4.69) is 6.92 Å². The average Bonchev–Trinajstić information content (AvgIpc) is 3.12. The molecule has 2 rings (SSSR count). The first-order valence-corrected chi connectivity index (χ1v) is 9.72. The lowest BCUT2D eigenvalue weighted by atomic mass is 9.99. The maximum absolute atomic E-state index is 12.7. The van der Waals surface area contributed by atoms with Crippen molar-refractivity contribution in [3.8, 4) is 0 Å². The lowest BCUT2D eigenvalue weighted by molar-refractivity contribution is -0.135. The van der Waals surface area contributed by atoms with Crippen LogP contribution in [-0.4, -0.2) is 53.3 Å². The van der Waals surface area contributed by atoms with E-state index in [9.17, 15) is 9.59 Å². The number of likely N-dealkylation sites (tertiary alicyclic amines) is 1. The summed E-state index contributed by atoms with van der Waals surface area (Å²) in [5, 5.41) is 1.94. The molecule has 0 radical (unpaired) electrons. The highest BCUT2D eigenvalue weighted by Crippen LogP contribution is 2.22. The maximum atomic E-state index is 12.7. The topological polar surface area (TPSA) is 66.6 Å². The number of piperidine rings is 1. The van der Waals surface area contributed by atoms with Crippen LogP contribution in [0.3, 0.4) is 0 Å². The van der Waals surface area contributed by atoms with Gasteiger partial charge in [-0.2, -0.15) is 0 Å². The third-order valence-electron chi connectivity index (χ3n) is 4.68. The van der Waals surface area contributed by atoms with E-state index in [0.717, 1.165) is 30.7 Å². The Morgan fingerprint density at radius 3 is 2.54 bits per heavy atom. The van der Waals surface area contributed by atoms with Gasteiger partial charge in [-0.05, 0) is 36.6 Å². The maximum Gasteiger partial charge on any atom is 0.264 e. The van der Waals surface area contributed by atoms with Crippen molar-refractivity contribution in [2.45, 2.75) is 52.1 Å². The van der Waals surface area contributed by atoms with Crippen LogP contribution in [0, 0.1) is 5.92 Å². The van der Waals surface area contributed by atoms with E-state index in [1.807, 2.05) is 41.2 Å². The van der Waals surface area contributed by atoms with Gasteiger partial charge in [-0.1, -0.05) is 26.8 Å². The van der Waals surface area contributed by atoms with Gasteiger partial charge >= 0.3 is 0 Å². The molecule has 0 aliphatic carbocycles. The van der Waals surface area contributed by atoms with Gasteiger partial charge in [-0.3, -0.25) is 9.59 Å². The summed E-state index contributed by atoms with van der Waals surface area (Å²) in [5.41, 5.74) is 5.99. The van der Waals surface area contributed by atoms with Crippen LogP contribution in [0.15, 0.2) is 17.5 Å². The van der Waals surface area contributed by atoms with Gasteiger partial charge in [-0.25, -0.2) is 0 Å². The summed E-state index contributed by atoms with van der Waals surface area (Å²) in [5.74, 6) is 0.304. The molecule has 1 atom stereocenters. The molecular formula is C18H29N3O2S. The van der Waals surface area contributed by atoms with Crippen LogP contribution in [0.25, 0.3) is 0 Å². The molecule has 5 nitrogen and oxygen atoms in total. The zero-order valence-corrected chi connectivity index (χ0v) is 15.7. The van der Waals surface area contributed by atoms with E-state index < -0.39 is 6.04 Å². The number of hydrogen-bond donors (Lipinski definition) is 1. The minimum Gasteiger partial charge on any atom is -0.341 e. The molecule has 1 fully saturated rings. The van der Waals surface area contributed by atoms with Gasteiger partial charge in [0.1, 0.15) is 0 Å². The molecule has 1 saturated heterocycles. The molecule has 0 bridgehead atoms. The average molecular weight is 352 g/mol. The molecule has 0 spiro atoms. The fraction of sp³-hybridized carbons (Fsp3) is 0.667. The van der Waals surface area contributed by atoms with Crippen molar-refractivity contribution in [2.24, 2.45) is 11.7 Å². The number of rotatable bonds is 6. The smallest absolute Gasteiger partial charge is 0.264 e. The number of hydrogen-bond acceptors (Lipinski definition) is 4. The summed E-state index contributed by atoms with van der Waals surface area (Å²) < 4.78 is 0. The molecule has 1 aliphatic rings. The minimum atomic E-state index is -0.430. The van der Waals surface area contributed by atoms with Crippen molar-refractivity contribution in [1.82, 2.24) is 9.80 Å². The lowest BCUT2D eigenvalue weighted by Crippen LogP contribution is -2.53. The number of nitrogens with two attached hydrogens (primary N) is 1. The molecule has 2 heterocycles. The number of carbonyl (C=O) groups excluding carboxylic acids is 2. The number of amides is 2. The van der Waals surface area contributed by atoms with Gasteiger partial charge < -0.3 is 15.5 Å². The molecule has 1 aliphatic heterocycles. The van der Waals surface area contributed by atoms with Crippen LogP contribution >= 0.6 is 11.3 Å². The number of carbonyl (C=O) groups is 2. The third-order valence-corrected chi connectivity index (χ3v) is 5.54. The first kappa shape index (κ1) is 18.9. The monoisotopic (exact) mass is 351 g/mol. The molecule has 1 aromatic rings. The van der Waals surface area contributed by atoms with Crippen LogP contribution in [-0.2, 0) is 4.79 Å².